The highest BCUT2D eigenvalue weighted by Gasteiger charge is 2.16. The number of aryl methyl sites for hydroxylation is 1. The van der Waals surface area contributed by atoms with Crippen molar-refractivity contribution < 1.29 is 18.7 Å². The Morgan fingerprint density at radius 2 is 2.14 bits per heavy atom. The fourth-order valence-corrected chi connectivity index (χ4v) is 3.15. The lowest BCUT2D eigenvalue weighted by atomic mass is 10.3. The van der Waals surface area contributed by atoms with Crippen LogP contribution in [0.4, 0.5) is 8.78 Å². The van der Waals surface area contributed by atoms with Gasteiger partial charge in [-0.1, -0.05) is 35.7 Å². The van der Waals surface area contributed by atoms with Gasteiger partial charge in [0.1, 0.15) is 0 Å². The van der Waals surface area contributed by atoms with Crippen molar-refractivity contribution in [2.45, 2.75) is 22.7 Å². The van der Waals surface area contributed by atoms with E-state index in [4.69, 9.17) is 5.11 Å². The Balaban J connectivity index is 2.42. The van der Waals surface area contributed by atoms with Crippen LogP contribution in [0, 0.1) is 6.92 Å². The normalized spacial score (nSPS) is 11.0. The number of carboxylic acid groups (broad SMARTS) is 1. The van der Waals surface area contributed by atoms with Crippen molar-refractivity contribution in [1.29, 1.82) is 0 Å². The number of rotatable bonds is 6. The van der Waals surface area contributed by atoms with Crippen LogP contribution in [0.5, 0.6) is 0 Å². The van der Waals surface area contributed by atoms with Crippen LogP contribution in [0.3, 0.4) is 0 Å². The van der Waals surface area contributed by atoms with Crippen LogP contribution in [0.15, 0.2) is 40.5 Å². The highest BCUT2D eigenvalue weighted by molar-refractivity contribution is 8.00. The molecule has 0 aliphatic rings. The average molecular weight is 330 g/mol. The molecule has 0 radical (unpaired) electrons. The Morgan fingerprint density at radius 1 is 1.43 bits per heavy atom. The van der Waals surface area contributed by atoms with Crippen molar-refractivity contribution >= 4 is 29.5 Å². The summed E-state index contributed by atoms with van der Waals surface area (Å²) >= 11 is 1.51. The maximum Gasteiger partial charge on any atom is 0.313 e. The van der Waals surface area contributed by atoms with E-state index in [-0.39, 0.29) is 5.75 Å². The summed E-state index contributed by atoms with van der Waals surface area (Å²) in [6, 6.07) is 6.75. The zero-order valence-corrected chi connectivity index (χ0v) is 12.6. The molecule has 2 rings (SSSR count). The third kappa shape index (κ3) is 3.98. The molecule has 0 amide bonds. The first kappa shape index (κ1) is 15.8. The summed E-state index contributed by atoms with van der Waals surface area (Å²) in [4.78, 5) is 15.3. The Labute approximate surface area is 128 Å². The summed E-state index contributed by atoms with van der Waals surface area (Å²) in [5, 5.41) is 9.23. The molecule has 1 N–H and O–H groups in total. The van der Waals surface area contributed by atoms with Gasteiger partial charge < -0.3 is 5.11 Å². The molecule has 1 aromatic heterocycles. The molecule has 2 aromatic rings. The molecule has 0 fully saturated rings. The first-order valence-electron chi connectivity index (χ1n) is 5.92. The van der Waals surface area contributed by atoms with Crippen molar-refractivity contribution in [3.8, 4) is 5.69 Å². The highest BCUT2D eigenvalue weighted by atomic mass is 32.2. The van der Waals surface area contributed by atoms with E-state index >= 15 is 0 Å². The number of benzene rings is 1. The molecule has 8 heteroatoms. The number of carboxylic acids is 1. The summed E-state index contributed by atoms with van der Waals surface area (Å²) in [6.45, 7) is 1.79. The van der Waals surface area contributed by atoms with Gasteiger partial charge in [-0.3, -0.25) is 9.36 Å². The maximum absolute atomic E-state index is 12.7. The van der Waals surface area contributed by atoms with E-state index in [9.17, 15) is 13.6 Å². The molecule has 112 valence electrons. The maximum atomic E-state index is 12.7. The van der Waals surface area contributed by atoms with Gasteiger partial charge in [0.2, 0.25) is 0 Å². The van der Waals surface area contributed by atoms with Gasteiger partial charge in [0.25, 0.3) is 5.76 Å². The molecule has 0 saturated heterocycles. The summed E-state index contributed by atoms with van der Waals surface area (Å²) < 4.78 is 27.0. The minimum Gasteiger partial charge on any atom is -0.481 e. The fraction of sp³-hybridized carbons (Fsp3) is 0.231. The van der Waals surface area contributed by atoms with Crippen LogP contribution in [0.2, 0.25) is 0 Å². The van der Waals surface area contributed by atoms with Gasteiger partial charge in [-0.05, 0) is 19.1 Å². The lowest BCUT2D eigenvalue weighted by Gasteiger charge is -2.13. The van der Waals surface area contributed by atoms with E-state index in [1.807, 2.05) is 0 Å². The van der Waals surface area contributed by atoms with Crippen LogP contribution in [-0.4, -0.2) is 32.1 Å². The van der Waals surface area contributed by atoms with Crippen molar-refractivity contribution in [1.82, 2.24) is 9.55 Å². The van der Waals surface area contributed by atoms with E-state index < -0.39 is 11.7 Å². The first-order valence-corrected chi connectivity index (χ1v) is 7.78. The number of aliphatic carboxylic acids is 1. The summed E-state index contributed by atoms with van der Waals surface area (Å²) in [5.74, 6) is -3.62. The largest absolute Gasteiger partial charge is 0.481 e. The second-order valence-electron chi connectivity index (χ2n) is 4.05. The molecule has 0 aliphatic heterocycles. The lowest BCUT2D eigenvalue weighted by molar-refractivity contribution is -0.133. The first-order chi connectivity index (χ1) is 9.99. The molecule has 0 saturated carbocycles. The van der Waals surface area contributed by atoms with Crippen molar-refractivity contribution in [2.75, 3.05) is 5.75 Å². The molecule has 0 aliphatic carbocycles. The topological polar surface area (TPSA) is 55.1 Å². The standard InChI is InChI=1S/C13H12F2N2O2S2/c1-8-6-16-13(20-7-11(18)19)17(8)9-4-2-3-5-10(9)21-12(14)15/h2-6,12H,7H2,1H3,(H,18,19). The van der Waals surface area contributed by atoms with Crippen molar-refractivity contribution in [3.05, 3.63) is 36.2 Å². The van der Waals surface area contributed by atoms with Gasteiger partial charge in [-0.25, -0.2) is 4.98 Å². The molecular formula is C13H12F2N2O2S2. The Bertz CT molecular complexity index is 647. The number of alkyl halides is 2. The predicted molar refractivity (Wildman–Crippen MR) is 78.5 cm³/mol. The molecule has 0 unspecified atom stereocenters. The van der Waals surface area contributed by atoms with Crippen LogP contribution in [0.25, 0.3) is 5.69 Å². The fourth-order valence-electron chi connectivity index (χ4n) is 1.77. The molecule has 1 heterocycles. The second-order valence-corrected chi connectivity index (χ2v) is 6.02. The number of hydrogen-bond acceptors (Lipinski definition) is 4. The van der Waals surface area contributed by atoms with Crippen LogP contribution >= 0.6 is 23.5 Å². The quantitative estimate of drug-likeness (QED) is 0.819. The van der Waals surface area contributed by atoms with E-state index in [1.54, 1.807) is 42.0 Å². The number of imidazole rings is 1. The van der Waals surface area contributed by atoms with Gasteiger partial charge in [0.05, 0.1) is 11.4 Å². The number of para-hydroxylation sites is 1. The predicted octanol–water partition coefficient (Wildman–Crippen LogP) is 3.67. The molecule has 4 nitrogen and oxygen atoms in total. The minimum atomic E-state index is -2.52. The van der Waals surface area contributed by atoms with Gasteiger partial charge in [0, 0.05) is 16.8 Å². The molecule has 0 bridgehead atoms. The van der Waals surface area contributed by atoms with E-state index in [1.165, 1.54) is 0 Å². The number of aromatic nitrogens is 2. The number of nitrogens with zero attached hydrogens (tertiary/aromatic N) is 2. The Hall–Kier alpha value is -1.54. The van der Waals surface area contributed by atoms with Gasteiger partial charge >= 0.3 is 5.97 Å². The Kier molecular flexibility index (Phi) is 5.24. The number of carbonyl (C=O) groups is 1. The van der Waals surface area contributed by atoms with Gasteiger partial charge in [0.15, 0.2) is 5.16 Å². The van der Waals surface area contributed by atoms with Crippen molar-refractivity contribution in [2.24, 2.45) is 0 Å². The molecule has 0 spiro atoms. The summed E-state index contributed by atoms with van der Waals surface area (Å²) in [5.41, 5.74) is 1.33. The monoisotopic (exact) mass is 330 g/mol. The van der Waals surface area contributed by atoms with E-state index in [0.29, 0.717) is 27.5 Å². The van der Waals surface area contributed by atoms with Crippen LogP contribution in [-0.2, 0) is 4.79 Å². The van der Waals surface area contributed by atoms with Crippen LogP contribution < -0.4 is 0 Å². The smallest absolute Gasteiger partial charge is 0.313 e. The summed E-state index contributed by atoms with van der Waals surface area (Å²) in [6.07, 6.45) is 1.59. The lowest BCUT2D eigenvalue weighted by Crippen LogP contribution is -2.04. The SMILES string of the molecule is Cc1cnc(SCC(=O)O)n1-c1ccccc1SC(F)F. The average Bonchev–Trinajstić information content (AvgIpc) is 2.77. The molecule has 0 atom stereocenters. The number of thioether (sulfide) groups is 2. The third-order valence-electron chi connectivity index (χ3n) is 2.55. The second kappa shape index (κ2) is 6.95. The van der Waals surface area contributed by atoms with Crippen LogP contribution in [0.1, 0.15) is 5.69 Å². The molecule has 21 heavy (non-hydrogen) atoms. The van der Waals surface area contributed by atoms with E-state index in [0.717, 1.165) is 17.5 Å². The zero-order valence-electron chi connectivity index (χ0n) is 11.0. The summed E-state index contributed by atoms with van der Waals surface area (Å²) in [7, 11) is 0. The Morgan fingerprint density at radius 3 is 2.81 bits per heavy atom. The number of hydrogen-bond donors (Lipinski definition) is 1. The number of halogens is 2. The third-order valence-corrected chi connectivity index (χ3v) is 4.27. The van der Waals surface area contributed by atoms with Crippen molar-refractivity contribution in [3.63, 3.8) is 0 Å². The van der Waals surface area contributed by atoms with E-state index in [2.05, 4.69) is 4.98 Å². The minimum absolute atomic E-state index is 0.138. The molecular weight excluding hydrogens is 318 g/mol. The zero-order chi connectivity index (χ0) is 15.4. The van der Waals surface area contributed by atoms with Gasteiger partial charge in [-0.15, -0.1) is 0 Å². The molecule has 1 aromatic carbocycles. The highest BCUT2D eigenvalue weighted by Crippen LogP contribution is 2.33. The van der Waals surface area contributed by atoms with Gasteiger partial charge in [-0.2, -0.15) is 8.78 Å².